The van der Waals surface area contributed by atoms with E-state index in [0.29, 0.717) is 23.7 Å². The minimum absolute atomic E-state index is 0.0614. The quantitative estimate of drug-likeness (QED) is 0.517. The predicted molar refractivity (Wildman–Crippen MR) is 102 cm³/mol. The van der Waals surface area contributed by atoms with Crippen molar-refractivity contribution in [3.8, 4) is 5.75 Å². The molecule has 0 spiro atoms. The largest absolute Gasteiger partial charge is 0.476 e. The summed E-state index contributed by atoms with van der Waals surface area (Å²) < 4.78 is 11.7. The van der Waals surface area contributed by atoms with Crippen molar-refractivity contribution in [1.82, 2.24) is 0 Å². The average molecular weight is 360 g/mol. The topological polar surface area (TPSA) is 52.6 Å². The molecule has 1 aliphatic carbocycles. The van der Waals surface area contributed by atoms with Crippen LogP contribution in [0.1, 0.15) is 77.6 Å². The number of benzene rings is 1. The summed E-state index contributed by atoms with van der Waals surface area (Å²) in [6, 6.07) is 6.91. The number of esters is 1. The first kappa shape index (κ1) is 20.5. The number of rotatable bonds is 6. The molecule has 0 unspecified atom stereocenters. The molecule has 4 heteroatoms. The van der Waals surface area contributed by atoms with E-state index in [4.69, 9.17) is 9.47 Å². The third-order valence-electron chi connectivity index (χ3n) is 4.98. The van der Waals surface area contributed by atoms with Gasteiger partial charge in [-0.25, -0.2) is 4.79 Å². The van der Waals surface area contributed by atoms with E-state index >= 15 is 0 Å². The maximum atomic E-state index is 12.7. The molecule has 1 aromatic rings. The normalized spacial score (nSPS) is 22.5. The number of ketones is 1. The van der Waals surface area contributed by atoms with Crippen LogP contribution in [0.5, 0.6) is 5.75 Å². The lowest BCUT2D eigenvalue weighted by Gasteiger charge is -2.39. The molecule has 1 fully saturated rings. The van der Waals surface area contributed by atoms with Crippen molar-refractivity contribution in [1.29, 1.82) is 0 Å². The fourth-order valence-electron chi connectivity index (χ4n) is 3.89. The molecule has 0 N–H and O–H groups in total. The van der Waals surface area contributed by atoms with E-state index in [2.05, 4.69) is 20.8 Å². The van der Waals surface area contributed by atoms with Crippen molar-refractivity contribution in [3.05, 3.63) is 29.8 Å². The fraction of sp³-hybridized carbons (Fsp3) is 0.636. The molecule has 1 saturated carbocycles. The number of ether oxygens (including phenoxy) is 2. The molecule has 1 aliphatic rings. The van der Waals surface area contributed by atoms with Crippen molar-refractivity contribution in [3.63, 3.8) is 0 Å². The first-order chi connectivity index (χ1) is 12.0. The Labute approximate surface area is 157 Å². The zero-order valence-electron chi connectivity index (χ0n) is 16.9. The number of hydrogen-bond acceptors (Lipinski definition) is 4. The Hall–Kier alpha value is -1.84. The highest BCUT2D eigenvalue weighted by atomic mass is 16.6. The minimum atomic E-state index is -1.08. The highest BCUT2D eigenvalue weighted by Gasteiger charge is 2.38. The molecule has 2 atom stereocenters. The summed E-state index contributed by atoms with van der Waals surface area (Å²) in [6.07, 6.45) is 3.35. The molecule has 1 aromatic carbocycles. The van der Waals surface area contributed by atoms with Crippen molar-refractivity contribution in [2.45, 2.75) is 78.9 Å². The summed E-state index contributed by atoms with van der Waals surface area (Å²) in [5, 5.41) is 0. The van der Waals surface area contributed by atoms with Gasteiger partial charge in [0.15, 0.2) is 11.4 Å². The molecular formula is C22H32O4. The van der Waals surface area contributed by atoms with Crippen LogP contribution in [0, 0.1) is 11.3 Å². The zero-order valence-corrected chi connectivity index (χ0v) is 16.9. The first-order valence-electron chi connectivity index (χ1n) is 9.56. The standard InChI is InChI=1S/C22H32O4/c1-7-19(23)16-8-10-17(11-9-16)26-22(5,6)20(24)25-18-12-15(2)13-21(3,4)14-18/h8-11,15,18H,7,12-14H2,1-6H3/t15-,18-/m0/s1. The number of carbonyl (C=O) groups is 2. The molecule has 0 bridgehead atoms. The van der Waals surface area contributed by atoms with E-state index < -0.39 is 5.60 Å². The van der Waals surface area contributed by atoms with E-state index in [1.165, 1.54) is 0 Å². The zero-order chi connectivity index (χ0) is 19.5. The first-order valence-corrected chi connectivity index (χ1v) is 9.56. The molecule has 26 heavy (non-hydrogen) atoms. The molecule has 0 aliphatic heterocycles. The highest BCUT2D eigenvalue weighted by Crippen LogP contribution is 2.40. The van der Waals surface area contributed by atoms with Gasteiger partial charge in [-0.1, -0.05) is 27.7 Å². The lowest BCUT2D eigenvalue weighted by atomic mass is 9.71. The summed E-state index contributed by atoms with van der Waals surface area (Å²) in [5.41, 5.74) is -0.241. The van der Waals surface area contributed by atoms with Gasteiger partial charge in [0.25, 0.3) is 0 Å². The van der Waals surface area contributed by atoms with Gasteiger partial charge in [-0.15, -0.1) is 0 Å². The molecule has 0 heterocycles. The van der Waals surface area contributed by atoms with Gasteiger partial charge < -0.3 is 9.47 Å². The van der Waals surface area contributed by atoms with Gasteiger partial charge >= 0.3 is 5.97 Å². The van der Waals surface area contributed by atoms with E-state index in [1.807, 2.05) is 6.92 Å². The fourth-order valence-corrected chi connectivity index (χ4v) is 3.89. The molecular weight excluding hydrogens is 328 g/mol. The van der Waals surface area contributed by atoms with E-state index in [9.17, 15) is 9.59 Å². The van der Waals surface area contributed by atoms with Crippen molar-refractivity contribution in [2.24, 2.45) is 11.3 Å². The van der Waals surface area contributed by atoms with Crippen molar-refractivity contribution in [2.75, 3.05) is 0 Å². The van der Waals surface area contributed by atoms with Gasteiger partial charge in [-0.2, -0.15) is 0 Å². The van der Waals surface area contributed by atoms with Crippen LogP contribution in [0.15, 0.2) is 24.3 Å². The lowest BCUT2D eigenvalue weighted by molar-refractivity contribution is -0.169. The van der Waals surface area contributed by atoms with Gasteiger partial charge in [0.05, 0.1) is 0 Å². The van der Waals surface area contributed by atoms with Crippen LogP contribution in [0.4, 0.5) is 0 Å². The van der Waals surface area contributed by atoms with E-state index in [-0.39, 0.29) is 23.3 Å². The Morgan fingerprint density at radius 2 is 1.77 bits per heavy atom. The molecule has 0 aromatic heterocycles. The average Bonchev–Trinajstić information content (AvgIpc) is 2.52. The maximum absolute atomic E-state index is 12.7. The van der Waals surface area contributed by atoms with E-state index in [0.717, 1.165) is 19.3 Å². The molecule has 4 nitrogen and oxygen atoms in total. The Balaban J connectivity index is 2.00. The van der Waals surface area contributed by atoms with Gasteiger partial charge in [0, 0.05) is 12.0 Å². The van der Waals surface area contributed by atoms with Crippen LogP contribution in [0.3, 0.4) is 0 Å². The van der Waals surface area contributed by atoms with Crippen molar-refractivity contribution < 1.29 is 19.1 Å². The van der Waals surface area contributed by atoms with Crippen LogP contribution >= 0.6 is 0 Å². The number of Topliss-reactive ketones (excluding diaryl/α,β-unsaturated/α-hetero) is 1. The molecule has 2 rings (SSSR count). The maximum Gasteiger partial charge on any atom is 0.350 e. The Morgan fingerprint density at radius 3 is 2.31 bits per heavy atom. The van der Waals surface area contributed by atoms with Gasteiger partial charge in [0.2, 0.25) is 0 Å². The van der Waals surface area contributed by atoms with E-state index in [1.54, 1.807) is 38.1 Å². The third kappa shape index (κ3) is 5.33. The Kier molecular flexibility index (Phi) is 6.15. The smallest absolute Gasteiger partial charge is 0.350 e. The van der Waals surface area contributed by atoms with Crippen molar-refractivity contribution >= 4 is 11.8 Å². The summed E-state index contributed by atoms with van der Waals surface area (Å²) in [5.74, 6) is 0.839. The third-order valence-corrected chi connectivity index (χ3v) is 4.98. The summed E-state index contributed by atoms with van der Waals surface area (Å²) in [4.78, 5) is 24.4. The van der Waals surface area contributed by atoms with Gasteiger partial charge in [-0.3, -0.25) is 4.79 Å². The lowest BCUT2D eigenvalue weighted by Crippen LogP contribution is -2.43. The summed E-state index contributed by atoms with van der Waals surface area (Å²) in [7, 11) is 0. The predicted octanol–water partition coefficient (Wildman–Crippen LogP) is 5.19. The second-order valence-electron chi connectivity index (χ2n) is 8.85. The van der Waals surface area contributed by atoms with Gasteiger partial charge in [0.1, 0.15) is 11.9 Å². The van der Waals surface area contributed by atoms with Crippen LogP contribution in [0.25, 0.3) is 0 Å². The molecule has 0 amide bonds. The number of carbonyl (C=O) groups excluding carboxylic acids is 2. The summed E-state index contributed by atoms with van der Waals surface area (Å²) >= 11 is 0. The Bertz CT molecular complexity index is 643. The highest BCUT2D eigenvalue weighted by molar-refractivity contribution is 5.95. The summed E-state index contributed by atoms with van der Waals surface area (Å²) in [6.45, 7) is 11.9. The monoisotopic (exact) mass is 360 g/mol. The van der Waals surface area contributed by atoms with Gasteiger partial charge in [-0.05, 0) is 68.7 Å². The van der Waals surface area contributed by atoms with Crippen LogP contribution < -0.4 is 4.74 Å². The number of hydrogen-bond donors (Lipinski definition) is 0. The Morgan fingerprint density at radius 1 is 1.15 bits per heavy atom. The van der Waals surface area contributed by atoms with Crippen LogP contribution in [-0.4, -0.2) is 23.5 Å². The molecule has 0 radical (unpaired) electrons. The second kappa shape index (κ2) is 7.81. The molecule has 0 saturated heterocycles. The van der Waals surface area contributed by atoms with Crippen LogP contribution in [-0.2, 0) is 9.53 Å². The minimum Gasteiger partial charge on any atom is -0.476 e. The van der Waals surface area contributed by atoms with Crippen LogP contribution in [0.2, 0.25) is 0 Å². The second-order valence-corrected chi connectivity index (χ2v) is 8.85. The SMILES string of the molecule is CCC(=O)c1ccc(OC(C)(C)C(=O)O[C@H]2C[C@H](C)CC(C)(C)C2)cc1. The molecule has 144 valence electrons.